The summed E-state index contributed by atoms with van der Waals surface area (Å²) in [5, 5.41) is 21.9. The van der Waals surface area contributed by atoms with Crippen molar-refractivity contribution in [3.05, 3.63) is 64.2 Å². The zero-order chi connectivity index (χ0) is 18.1. The molecule has 1 atom stereocenters. The number of aliphatic hydroxyl groups is 1. The fourth-order valence-corrected chi connectivity index (χ4v) is 4.01. The predicted molar refractivity (Wildman–Crippen MR) is 88.7 cm³/mol. The van der Waals surface area contributed by atoms with E-state index in [0.29, 0.717) is 11.3 Å². The molecule has 2 N–H and O–H groups in total. The summed E-state index contributed by atoms with van der Waals surface area (Å²) in [6.07, 6.45) is 0.198. The van der Waals surface area contributed by atoms with Crippen molar-refractivity contribution in [2.75, 3.05) is 13.2 Å². The molecule has 1 heterocycles. The van der Waals surface area contributed by atoms with Crippen LogP contribution in [0.1, 0.15) is 12.0 Å². The maximum absolute atomic E-state index is 12.5. The molecule has 8 nitrogen and oxygen atoms in total. The first-order valence-electron chi connectivity index (χ1n) is 7.51. The summed E-state index contributed by atoms with van der Waals surface area (Å²) >= 11 is 0. The van der Waals surface area contributed by atoms with Crippen LogP contribution >= 0.6 is 0 Å². The molecule has 1 unspecified atom stereocenters. The number of para-hydroxylation sites is 2. The van der Waals surface area contributed by atoms with Crippen molar-refractivity contribution in [1.82, 2.24) is 4.72 Å². The van der Waals surface area contributed by atoms with E-state index >= 15 is 0 Å². The zero-order valence-electron chi connectivity index (χ0n) is 13.1. The van der Waals surface area contributed by atoms with E-state index in [2.05, 4.69) is 4.72 Å². The lowest BCUT2D eigenvalue weighted by atomic mass is 9.88. The van der Waals surface area contributed by atoms with E-state index in [4.69, 9.17) is 4.74 Å². The molecule has 2 aromatic carbocycles. The quantitative estimate of drug-likeness (QED) is 0.614. The van der Waals surface area contributed by atoms with Crippen molar-refractivity contribution in [3.63, 3.8) is 0 Å². The first-order valence-corrected chi connectivity index (χ1v) is 9.00. The molecule has 1 aliphatic rings. The van der Waals surface area contributed by atoms with E-state index in [1.807, 2.05) is 0 Å². The molecule has 0 radical (unpaired) electrons. The van der Waals surface area contributed by atoms with Crippen LogP contribution in [-0.2, 0) is 15.6 Å². The highest BCUT2D eigenvalue weighted by Gasteiger charge is 2.37. The molecule has 0 saturated carbocycles. The van der Waals surface area contributed by atoms with Crippen LogP contribution in [0.15, 0.2) is 53.4 Å². The van der Waals surface area contributed by atoms with Crippen LogP contribution in [0, 0.1) is 10.1 Å². The van der Waals surface area contributed by atoms with E-state index in [1.54, 1.807) is 24.3 Å². The van der Waals surface area contributed by atoms with Crippen molar-refractivity contribution in [3.8, 4) is 5.75 Å². The van der Waals surface area contributed by atoms with E-state index in [9.17, 15) is 23.6 Å². The summed E-state index contributed by atoms with van der Waals surface area (Å²) < 4.78 is 32.7. The number of hydrogen-bond acceptors (Lipinski definition) is 6. The highest BCUT2D eigenvalue weighted by Crippen LogP contribution is 2.36. The van der Waals surface area contributed by atoms with E-state index < -0.39 is 31.1 Å². The second-order valence-electron chi connectivity index (χ2n) is 5.68. The molecule has 25 heavy (non-hydrogen) atoms. The van der Waals surface area contributed by atoms with Crippen molar-refractivity contribution in [2.24, 2.45) is 0 Å². The van der Waals surface area contributed by atoms with Gasteiger partial charge in [0.05, 0.1) is 11.5 Å². The topological polar surface area (TPSA) is 119 Å². The number of ether oxygens (including phenoxy) is 1. The minimum atomic E-state index is -4.17. The third-order valence-electron chi connectivity index (χ3n) is 4.07. The Morgan fingerprint density at radius 2 is 1.88 bits per heavy atom. The number of nitrogens with one attached hydrogen (secondary N) is 1. The number of nitro groups is 1. The van der Waals surface area contributed by atoms with Gasteiger partial charge in [-0.3, -0.25) is 10.1 Å². The third kappa shape index (κ3) is 3.34. The minimum Gasteiger partial charge on any atom is -0.493 e. The van der Waals surface area contributed by atoms with Gasteiger partial charge in [-0.15, -0.1) is 0 Å². The second-order valence-corrected chi connectivity index (χ2v) is 7.41. The smallest absolute Gasteiger partial charge is 0.289 e. The molecule has 0 aliphatic carbocycles. The van der Waals surface area contributed by atoms with Crippen LogP contribution < -0.4 is 9.46 Å². The Kier molecular flexibility index (Phi) is 4.46. The molecule has 132 valence electrons. The van der Waals surface area contributed by atoms with Crippen molar-refractivity contribution in [2.45, 2.75) is 16.9 Å². The van der Waals surface area contributed by atoms with Gasteiger partial charge in [-0.1, -0.05) is 30.3 Å². The van der Waals surface area contributed by atoms with E-state index in [1.165, 1.54) is 12.1 Å². The van der Waals surface area contributed by atoms with Crippen LogP contribution in [0.5, 0.6) is 5.75 Å². The van der Waals surface area contributed by atoms with Crippen LogP contribution in [0.2, 0.25) is 0 Å². The zero-order valence-corrected chi connectivity index (χ0v) is 13.9. The normalized spacial score (nSPS) is 19.7. The van der Waals surface area contributed by atoms with Crippen molar-refractivity contribution in [1.29, 1.82) is 0 Å². The summed E-state index contributed by atoms with van der Waals surface area (Å²) in [6.45, 7) is -0.0809. The summed E-state index contributed by atoms with van der Waals surface area (Å²) in [4.78, 5) is 9.85. The summed E-state index contributed by atoms with van der Waals surface area (Å²) in [5.74, 6) is 0.487. The first kappa shape index (κ1) is 17.3. The molecule has 0 aromatic heterocycles. The van der Waals surface area contributed by atoms with Gasteiger partial charge >= 0.3 is 0 Å². The summed E-state index contributed by atoms with van der Waals surface area (Å²) in [6, 6.07) is 11.9. The van der Waals surface area contributed by atoms with Crippen LogP contribution in [0.3, 0.4) is 0 Å². The molecular weight excluding hydrogens is 348 g/mol. The first-order chi connectivity index (χ1) is 11.8. The predicted octanol–water partition coefficient (Wildman–Crippen LogP) is 1.54. The Hall–Kier alpha value is -2.49. The van der Waals surface area contributed by atoms with Gasteiger partial charge < -0.3 is 9.84 Å². The molecule has 3 rings (SSSR count). The number of benzene rings is 2. The standard InChI is InChI=1S/C16H16N2O6S/c19-16(9-10-24-14-7-3-1-5-12(14)16)11-17-25(22,23)15-8-4-2-6-13(15)18(20)21/h1-8,17,19H,9-11H2. The molecule has 0 spiro atoms. The molecule has 0 amide bonds. The van der Waals surface area contributed by atoms with Crippen LogP contribution in [0.25, 0.3) is 0 Å². The van der Waals surface area contributed by atoms with Gasteiger partial charge in [-0.25, -0.2) is 13.1 Å². The fourth-order valence-electron chi connectivity index (χ4n) is 2.75. The average Bonchev–Trinajstić information content (AvgIpc) is 2.61. The monoisotopic (exact) mass is 364 g/mol. The van der Waals surface area contributed by atoms with E-state index in [-0.39, 0.29) is 19.6 Å². The average molecular weight is 364 g/mol. The number of nitro benzene ring substituents is 1. The summed E-state index contributed by atoms with van der Waals surface area (Å²) in [5.41, 5.74) is -1.49. The maximum atomic E-state index is 12.5. The Balaban J connectivity index is 1.88. The lowest BCUT2D eigenvalue weighted by molar-refractivity contribution is -0.387. The Bertz CT molecular complexity index is 914. The number of nitrogens with zero attached hydrogens (tertiary/aromatic N) is 1. The molecule has 1 aliphatic heterocycles. The number of hydrogen-bond donors (Lipinski definition) is 2. The third-order valence-corrected chi connectivity index (χ3v) is 5.52. The molecule has 9 heteroatoms. The Morgan fingerprint density at radius 1 is 1.20 bits per heavy atom. The Morgan fingerprint density at radius 3 is 2.64 bits per heavy atom. The summed E-state index contributed by atoms with van der Waals surface area (Å²) in [7, 11) is -4.17. The van der Waals surface area contributed by atoms with Gasteiger partial charge in [0.15, 0.2) is 4.90 Å². The maximum Gasteiger partial charge on any atom is 0.289 e. The lowest BCUT2D eigenvalue weighted by Gasteiger charge is -2.34. The molecular formula is C16H16N2O6S. The molecule has 0 bridgehead atoms. The molecule has 0 fully saturated rings. The number of fused-ring (bicyclic) bond motifs is 1. The largest absolute Gasteiger partial charge is 0.493 e. The van der Waals surface area contributed by atoms with Gasteiger partial charge in [-0.05, 0) is 12.1 Å². The fraction of sp³-hybridized carbons (Fsp3) is 0.250. The Labute approximate surface area is 144 Å². The second kappa shape index (κ2) is 6.43. The van der Waals surface area contributed by atoms with Gasteiger partial charge in [0.25, 0.3) is 5.69 Å². The van der Waals surface area contributed by atoms with Gasteiger partial charge in [-0.2, -0.15) is 0 Å². The lowest BCUT2D eigenvalue weighted by Crippen LogP contribution is -2.43. The highest BCUT2D eigenvalue weighted by molar-refractivity contribution is 7.89. The minimum absolute atomic E-state index is 0.198. The van der Waals surface area contributed by atoms with E-state index in [0.717, 1.165) is 12.1 Å². The molecule has 0 saturated heterocycles. The van der Waals surface area contributed by atoms with Crippen LogP contribution in [-0.4, -0.2) is 31.6 Å². The van der Waals surface area contributed by atoms with Gasteiger partial charge in [0.1, 0.15) is 11.4 Å². The molecule has 2 aromatic rings. The number of rotatable bonds is 5. The van der Waals surface area contributed by atoms with Crippen molar-refractivity contribution < 1.29 is 23.2 Å². The van der Waals surface area contributed by atoms with Gasteiger partial charge in [0.2, 0.25) is 10.0 Å². The van der Waals surface area contributed by atoms with Crippen LogP contribution in [0.4, 0.5) is 5.69 Å². The highest BCUT2D eigenvalue weighted by atomic mass is 32.2. The SMILES string of the molecule is O=[N+]([O-])c1ccccc1S(=O)(=O)NCC1(O)CCOc2ccccc21. The number of sulfonamides is 1. The van der Waals surface area contributed by atoms with Gasteiger partial charge in [0, 0.05) is 24.6 Å². The van der Waals surface area contributed by atoms with Crippen molar-refractivity contribution >= 4 is 15.7 Å².